The number of hydrogen-bond acceptors (Lipinski definition) is 1. The molecule has 1 atom stereocenters. The molecule has 2 rings (SSSR count). The van der Waals surface area contributed by atoms with Gasteiger partial charge in [0.2, 0.25) is 0 Å². The molecule has 1 aromatic heterocycles. The van der Waals surface area contributed by atoms with E-state index in [0.717, 1.165) is 25.3 Å². The number of alkyl halides is 1. The molecule has 0 bridgehead atoms. The van der Waals surface area contributed by atoms with E-state index in [1.165, 1.54) is 6.07 Å². The Morgan fingerprint density at radius 2 is 1.90 bits per heavy atom. The number of benzene rings is 1. The first-order valence-corrected chi connectivity index (χ1v) is 7.89. The van der Waals surface area contributed by atoms with Crippen LogP contribution < -0.4 is 0 Å². The van der Waals surface area contributed by atoms with E-state index in [9.17, 15) is 8.78 Å². The van der Waals surface area contributed by atoms with Crippen LogP contribution in [0, 0.1) is 17.6 Å². The zero-order valence-corrected chi connectivity index (χ0v) is 13.4. The molecule has 0 spiro atoms. The third-order valence-corrected chi connectivity index (χ3v) is 3.99. The maximum atomic E-state index is 13.8. The van der Waals surface area contributed by atoms with Gasteiger partial charge in [0.15, 0.2) is 5.82 Å². The van der Waals surface area contributed by atoms with E-state index in [0.29, 0.717) is 17.3 Å². The van der Waals surface area contributed by atoms with Crippen molar-refractivity contribution in [1.82, 2.24) is 9.55 Å². The molecule has 2 aromatic rings. The second kappa shape index (κ2) is 6.73. The lowest BCUT2D eigenvalue weighted by Gasteiger charge is -2.17. The summed E-state index contributed by atoms with van der Waals surface area (Å²) in [6.07, 6.45) is 3.14. The first-order chi connectivity index (χ1) is 9.93. The van der Waals surface area contributed by atoms with Crippen LogP contribution in [0.5, 0.6) is 0 Å². The third-order valence-electron chi connectivity index (χ3n) is 3.75. The summed E-state index contributed by atoms with van der Waals surface area (Å²) in [6.45, 7) is 6.42. The summed E-state index contributed by atoms with van der Waals surface area (Å²) in [4.78, 5) is 4.23. The number of aromatic nitrogens is 2. The molecule has 21 heavy (non-hydrogen) atoms. The quantitative estimate of drug-likeness (QED) is 0.649. The smallest absolute Gasteiger partial charge is 0.153 e. The van der Waals surface area contributed by atoms with Crippen LogP contribution >= 0.6 is 11.6 Å². The van der Waals surface area contributed by atoms with Crippen LogP contribution in [0.3, 0.4) is 0 Å². The van der Waals surface area contributed by atoms with E-state index >= 15 is 0 Å². The first-order valence-electron chi connectivity index (χ1n) is 7.35. The molecule has 1 heterocycles. The zero-order valence-electron chi connectivity index (χ0n) is 12.7. The molecule has 1 aromatic carbocycles. The lowest BCUT2D eigenvalue weighted by atomic mass is 10.0. The normalized spacial score (nSPS) is 13.3. The molecule has 0 radical (unpaired) electrons. The van der Waals surface area contributed by atoms with Gasteiger partial charge >= 0.3 is 0 Å². The molecule has 116 valence electrons. The highest BCUT2D eigenvalue weighted by molar-refractivity contribution is 6.16. The van der Waals surface area contributed by atoms with Crippen LogP contribution in [0.15, 0.2) is 12.1 Å². The fraction of sp³-hybridized carbons (Fsp3) is 0.562. The minimum absolute atomic E-state index is 0.115. The summed E-state index contributed by atoms with van der Waals surface area (Å²) in [6, 6.07) is 2.31. The second-order valence-corrected chi connectivity index (χ2v) is 6.23. The molecule has 0 N–H and O–H groups in total. The fourth-order valence-electron chi connectivity index (χ4n) is 2.71. The van der Waals surface area contributed by atoms with E-state index in [2.05, 4.69) is 18.8 Å². The summed E-state index contributed by atoms with van der Waals surface area (Å²) in [5.41, 5.74) is 0.683. The van der Waals surface area contributed by atoms with Crippen molar-refractivity contribution in [2.75, 3.05) is 0 Å². The molecule has 0 aliphatic rings. The van der Waals surface area contributed by atoms with Crippen LogP contribution in [0.1, 0.15) is 51.9 Å². The van der Waals surface area contributed by atoms with Crippen molar-refractivity contribution in [2.24, 2.45) is 5.92 Å². The molecule has 5 heteroatoms. The lowest BCUT2D eigenvalue weighted by molar-refractivity contribution is 0.447. The Morgan fingerprint density at radius 3 is 2.52 bits per heavy atom. The fourth-order valence-corrected chi connectivity index (χ4v) is 2.89. The molecule has 0 aliphatic heterocycles. The molecular formula is C16H21ClF2N2. The highest BCUT2D eigenvalue weighted by Gasteiger charge is 2.18. The maximum Gasteiger partial charge on any atom is 0.153 e. The zero-order chi connectivity index (χ0) is 15.6. The van der Waals surface area contributed by atoms with Gasteiger partial charge in [-0.2, -0.15) is 0 Å². The van der Waals surface area contributed by atoms with Crippen molar-refractivity contribution in [3.63, 3.8) is 0 Å². The summed E-state index contributed by atoms with van der Waals surface area (Å²) in [7, 11) is 0. The molecule has 0 amide bonds. The number of rotatable bonds is 6. The van der Waals surface area contributed by atoms with Crippen molar-refractivity contribution in [2.45, 2.75) is 52.0 Å². The van der Waals surface area contributed by atoms with Gasteiger partial charge in [-0.1, -0.05) is 26.7 Å². The highest BCUT2D eigenvalue weighted by Crippen LogP contribution is 2.28. The maximum absolute atomic E-state index is 13.8. The molecule has 1 unspecified atom stereocenters. The van der Waals surface area contributed by atoms with Gasteiger partial charge in [-0.05, 0) is 25.3 Å². The van der Waals surface area contributed by atoms with E-state index < -0.39 is 11.6 Å². The largest absolute Gasteiger partial charge is 0.324 e. The van der Waals surface area contributed by atoms with Gasteiger partial charge in [-0.25, -0.2) is 13.8 Å². The summed E-state index contributed by atoms with van der Waals surface area (Å²) >= 11 is 5.92. The van der Waals surface area contributed by atoms with Crippen LogP contribution in [-0.4, -0.2) is 9.55 Å². The standard InChI is InChI=1S/C16H21ClF2N2/c1-10(2)5-4-6-11(3)21-14-8-12(18)7-13(19)16(14)20-15(21)9-17/h7-8,10-11H,4-6,9H2,1-3H3. The van der Waals surface area contributed by atoms with Crippen molar-refractivity contribution in [3.05, 3.63) is 29.6 Å². The van der Waals surface area contributed by atoms with Crippen molar-refractivity contribution >= 4 is 22.6 Å². The van der Waals surface area contributed by atoms with E-state index in [1.54, 1.807) is 0 Å². The Hall–Kier alpha value is -1.16. The number of fused-ring (bicyclic) bond motifs is 1. The Kier molecular flexibility index (Phi) is 5.20. The topological polar surface area (TPSA) is 17.8 Å². The van der Waals surface area contributed by atoms with Gasteiger partial charge in [0.25, 0.3) is 0 Å². The number of imidazole rings is 1. The number of hydrogen-bond donors (Lipinski definition) is 0. The minimum Gasteiger partial charge on any atom is -0.324 e. The van der Waals surface area contributed by atoms with Crippen molar-refractivity contribution in [1.29, 1.82) is 0 Å². The van der Waals surface area contributed by atoms with E-state index in [1.807, 2.05) is 11.5 Å². The highest BCUT2D eigenvalue weighted by atomic mass is 35.5. The predicted octanol–water partition coefficient (Wildman–Crippen LogP) is 5.44. The average molecular weight is 315 g/mol. The summed E-state index contributed by atoms with van der Waals surface area (Å²) in [5.74, 6) is 0.207. The average Bonchev–Trinajstić information content (AvgIpc) is 2.76. The number of nitrogens with zero attached hydrogens (tertiary/aromatic N) is 2. The van der Waals surface area contributed by atoms with Gasteiger partial charge in [0, 0.05) is 12.1 Å². The Bertz CT molecular complexity index is 622. The predicted molar refractivity (Wildman–Crippen MR) is 82.6 cm³/mol. The van der Waals surface area contributed by atoms with Gasteiger partial charge in [-0.15, -0.1) is 11.6 Å². The van der Waals surface area contributed by atoms with Gasteiger partial charge < -0.3 is 4.57 Å². The second-order valence-electron chi connectivity index (χ2n) is 5.96. The summed E-state index contributed by atoms with van der Waals surface area (Å²) in [5, 5.41) is 0. The number of halogens is 3. The molecule has 0 fully saturated rings. The molecule has 0 saturated carbocycles. The molecule has 0 saturated heterocycles. The Morgan fingerprint density at radius 1 is 1.19 bits per heavy atom. The molecule has 2 nitrogen and oxygen atoms in total. The minimum atomic E-state index is -0.635. The molecule has 0 aliphatic carbocycles. The first kappa shape index (κ1) is 16.2. The van der Waals surface area contributed by atoms with Crippen LogP contribution in [0.2, 0.25) is 0 Å². The van der Waals surface area contributed by atoms with E-state index in [4.69, 9.17) is 11.6 Å². The monoisotopic (exact) mass is 314 g/mol. The van der Waals surface area contributed by atoms with Crippen molar-refractivity contribution in [3.8, 4) is 0 Å². The van der Waals surface area contributed by atoms with Crippen LogP contribution in [0.4, 0.5) is 8.78 Å². The Labute approximate surface area is 129 Å². The molecular weight excluding hydrogens is 294 g/mol. The van der Waals surface area contributed by atoms with Gasteiger partial charge in [-0.3, -0.25) is 0 Å². The van der Waals surface area contributed by atoms with Gasteiger partial charge in [0.1, 0.15) is 17.2 Å². The Balaban J connectivity index is 2.36. The van der Waals surface area contributed by atoms with Crippen LogP contribution in [-0.2, 0) is 5.88 Å². The van der Waals surface area contributed by atoms with Crippen molar-refractivity contribution < 1.29 is 8.78 Å². The summed E-state index contributed by atoms with van der Waals surface area (Å²) < 4.78 is 29.2. The van der Waals surface area contributed by atoms with Crippen LogP contribution in [0.25, 0.3) is 11.0 Å². The third kappa shape index (κ3) is 3.54. The van der Waals surface area contributed by atoms with E-state index in [-0.39, 0.29) is 17.4 Å². The SMILES string of the molecule is CC(C)CCCC(C)n1c(CCl)nc2c(F)cc(F)cc21. The van der Waals surface area contributed by atoms with Gasteiger partial charge in [0.05, 0.1) is 11.4 Å². The lowest BCUT2D eigenvalue weighted by Crippen LogP contribution is -2.09.